The van der Waals surface area contributed by atoms with Crippen LogP contribution in [0.25, 0.3) is 0 Å². The van der Waals surface area contributed by atoms with Crippen molar-refractivity contribution in [3.63, 3.8) is 0 Å². The summed E-state index contributed by atoms with van der Waals surface area (Å²) in [6.45, 7) is 4.07. The van der Waals surface area contributed by atoms with Crippen LogP contribution in [0.2, 0.25) is 0 Å². The molecule has 2 rings (SSSR count). The lowest BCUT2D eigenvalue weighted by atomic mass is 10.0. The van der Waals surface area contributed by atoms with Gasteiger partial charge < -0.3 is 15.5 Å². The Kier molecular flexibility index (Phi) is 5.59. The lowest BCUT2D eigenvalue weighted by Gasteiger charge is -2.31. The van der Waals surface area contributed by atoms with Crippen molar-refractivity contribution in [3.8, 4) is 0 Å². The molecule has 0 bridgehead atoms. The molecule has 1 aliphatic rings. The Morgan fingerprint density at radius 1 is 1.43 bits per heavy atom. The van der Waals surface area contributed by atoms with E-state index in [0.29, 0.717) is 12.5 Å². The predicted molar refractivity (Wildman–Crippen MR) is 87.3 cm³/mol. The molecule has 3 nitrogen and oxygen atoms in total. The maximum atomic E-state index is 14.3. The molecule has 21 heavy (non-hydrogen) atoms. The summed E-state index contributed by atoms with van der Waals surface area (Å²) in [7, 11) is 4.19. The molecule has 118 valence electrons. The van der Waals surface area contributed by atoms with Crippen molar-refractivity contribution >= 4 is 5.69 Å². The Hall–Kier alpha value is -1.13. The van der Waals surface area contributed by atoms with Crippen molar-refractivity contribution in [2.75, 3.05) is 32.1 Å². The van der Waals surface area contributed by atoms with E-state index >= 15 is 0 Å². The molecule has 0 amide bonds. The molecule has 2 unspecified atom stereocenters. The molecule has 1 aliphatic heterocycles. The van der Waals surface area contributed by atoms with Crippen LogP contribution in [0.5, 0.6) is 0 Å². The standard InChI is InChI=1S/C17H28FN3/c1-4-13(19)11-15-16(18)8-5-9-17(15)21-10-6-7-14(21)12-20(2)3/h5,8-9,13-14H,4,6-7,10-12,19H2,1-3H3. The van der Waals surface area contributed by atoms with Crippen LogP contribution >= 0.6 is 0 Å². The zero-order valence-electron chi connectivity index (χ0n) is 13.5. The average molecular weight is 293 g/mol. The maximum absolute atomic E-state index is 14.3. The third-order valence-electron chi connectivity index (χ3n) is 4.35. The summed E-state index contributed by atoms with van der Waals surface area (Å²) in [6, 6.07) is 5.91. The van der Waals surface area contributed by atoms with Gasteiger partial charge in [0.15, 0.2) is 0 Å². The Balaban J connectivity index is 2.27. The van der Waals surface area contributed by atoms with E-state index in [4.69, 9.17) is 5.73 Å². The summed E-state index contributed by atoms with van der Waals surface area (Å²) in [6.07, 6.45) is 3.83. The highest BCUT2D eigenvalue weighted by molar-refractivity contribution is 5.56. The van der Waals surface area contributed by atoms with Crippen molar-refractivity contribution < 1.29 is 4.39 Å². The monoisotopic (exact) mass is 293 g/mol. The maximum Gasteiger partial charge on any atom is 0.128 e. The van der Waals surface area contributed by atoms with Crippen molar-refractivity contribution in [1.82, 2.24) is 4.90 Å². The Labute approximate surface area is 127 Å². The van der Waals surface area contributed by atoms with E-state index in [0.717, 1.165) is 30.8 Å². The van der Waals surface area contributed by atoms with Gasteiger partial charge in [0.25, 0.3) is 0 Å². The number of benzene rings is 1. The van der Waals surface area contributed by atoms with Gasteiger partial charge in [0.2, 0.25) is 0 Å². The van der Waals surface area contributed by atoms with Crippen LogP contribution in [0, 0.1) is 5.82 Å². The molecule has 2 N–H and O–H groups in total. The molecule has 0 aliphatic carbocycles. The Bertz CT molecular complexity index is 461. The topological polar surface area (TPSA) is 32.5 Å². The zero-order chi connectivity index (χ0) is 15.4. The molecule has 0 spiro atoms. The van der Waals surface area contributed by atoms with E-state index in [-0.39, 0.29) is 11.9 Å². The average Bonchev–Trinajstić information content (AvgIpc) is 2.88. The van der Waals surface area contributed by atoms with Crippen molar-refractivity contribution in [3.05, 3.63) is 29.6 Å². The van der Waals surface area contributed by atoms with Crippen LogP contribution in [0.4, 0.5) is 10.1 Å². The first kappa shape index (κ1) is 16.2. The van der Waals surface area contributed by atoms with Gasteiger partial charge in [-0.05, 0) is 51.9 Å². The highest BCUT2D eigenvalue weighted by Gasteiger charge is 2.27. The first-order valence-corrected chi connectivity index (χ1v) is 7.97. The summed E-state index contributed by atoms with van der Waals surface area (Å²) in [5, 5.41) is 0. The lowest BCUT2D eigenvalue weighted by molar-refractivity contribution is 0.371. The van der Waals surface area contributed by atoms with Crippen molar-refractivity contribution in [1.29, 1.82) is 0 Å². The fourth-order valence-electron chi connectivity index (χ4n) is 3.19. The minimum absolute atomic E-state index is 0.0237. The van der Waals surface area contributed by atoms with Gasteiger partial charge in [0, 0.05) is 36.4 Å². The molecule has 1 aromatic rings. The van der Waals surface area contributed by atoms with E-state index in [2.05, 4.69) is 36.9 Å². The van der Waals surface area contributed by atoms with Crippen LogP contribution in [0.15, 0.2) is 18.2 Å². The quantitative estimate of drug-likeness (QED) is 0.875. The highest BCUT2D eigenvalue weighted by atomic mass is 19.1. The van der Waals surface area contributed by atoms with E-state index < -0.39 is 0 Å². The fraction of sp³-hybridized carbons (Fsp3) is 0.647. The molecule has 0 aromatic heterocycles. The van der Waals surface area contributed by atoms with Gasteiger partial charge in [0.1, 0.15) is 5.82 Å². The van der Waals surface area contributed by atoms with E-state index in [9.17, 15) is 4.39 Å². The molecular formula is C17H28FN3. The zero-order valence-corrected chi connectivity index (χ0v) is 13.5. The van der Waals surface area contributed by atoms with Gasteiger partial charge in [-0.15, -0.1) is 0 Å². The van der Waals surface area contributed by atoms with Crippen LogP contribution in [0.3, 0.4) is 0 Å². The van der Waals surface area contributed by atoms with Crippen LogP contribution < -0.4 is 10.6 Å². The fourth-order valence-corrected chi connectivity index (χ4v) is 3.19. The Morgan fingerprint density at radius 3 is 2.86 bits per heavy atom. The number of hydrogen-bond donors (Lipinski definition) is 1. The third-order valence-corrected chi connectivity index (χ3v) is 4.35. The van der Waals surface area contributed by atoms with E-state index in [1.807, 2.05) is 6.07 Å². The number of nitrogens with zero attached hydrogens (tertiary/aromatic N) is 2. The summed E-state index contributed by atoms with van der Waals surface area (Å²) < 4.78 is 14.3. The van der Waals surface area contributed by atoms with Crippen molar-refractivity contribution in [2.24, 2.45) is 5.73 Å². The van der Waals surface area contributed by atoms with Gasteiger partial charge in [-0.3, -0.25) is 0 Å². The molecule has 2 atom stereocenters. The second-order valence-corrected chi connectivity index (χ2v) is 6.36. The van der Waals surface area contributed by atoms with Gasteiger partial charge in [-0.25, -0.2) is 4.39 Å². The largest absolute Gasteiger partial charge is 0.367 e. The normalized spacial score (nSPS) is 20.3. The molecule has 0 radical (unpaired) electrons. The van der Waals surface area contributed by atoms with Gasteiger partial charge in [0.05, 0.1) is 0 Å². The lowest BCUT2D eigenvalue weighted by Crippen LogP contribution is -2.38. The van der Waals surface area contributed by atoms with E-state index in [1.54, 1.807) is 6.07 Å². The minimum Gasteiger partial charge on any atom is -0.367 e. The molecule has 1 aromatic carbocycles. The van der Waals surface area contributed by atoms with E-state index in [1.165, 1.54) is 12.8 Å². The van der Waals surface area contributed by atoms with Gasteiger partial charge in [-0.2, -0.15) is 0 Å². The third kappa shape index (κ3) is 3.95. The van der Waals surface area contributed by atoms with Crippen LogP contribution in [0.1, 0.15) is 31.7 Å². The number of halogens is 1. The predicted octanol–water partition coefficient (Wildman–Crippen LogP) is 2.64. The summed E-state index contributed by atoms with van der Waals surface area (Å²) in [5.74, 6) is -0.119. The molecule has 1 saturated heterocycles. The second-order valence-electron chi connectivity index (χ2n) is 6.36. The van der Waals surface area contributed by atoms with Gasteiger partial charge in [-0.1, -0.05) is 13.0 Å². The molecule has 0 saturated carbocycles. The Morgan fingerprint density at radius 2 is 2.19 bits per heavy atom. The number of likely N-dealkylation sites (N-methyl/N-ethyl adjacent to an activating group) is 1. The smallest absolute Gasteiger partial charge is 0.128 e. The van der Waals surface area contributed by atoms with Crippen molar-refractivity contribution in [2.45, 2.75) is 44.7 Å². The summed E-state index contributed by atoms with van der Waals surface area (Å²) in [4.78, 5) is 4.58. The first-order valence-electron chi connectivity index (χ1n) is 7.97. The molecule has 1 heterocycles. The first-order chi connectivity index (χ1) is 10.0. The van der Waals surface area contributed by atoms with Crippen LogP contribution in [-0.4, -0.2) is 44.2 Å². The molecule has 1 fully saturated rings. The number of rotatable bonds is 6. The number of hydrogen-bond acceptors (Lipinski definition) is 3. The highest BCUT2D eigenvalue weighted by Crippen LogP contribution is 2.31. The van der Waals surface area contributed by atoms with Gasteiger partial charge >= 0.3 is 0 Å². The summed E-state index contributed by atoms with van der Waals surface area (Å²) in [5.41, 5.74) is 7.90. The van der Waals surface area contributed by atoms with Crippen LogP contribution in [-0.2, 0) is 6.42 Å². The molecule has 4 heteroatoms. The molecular weight excluding hydrogens is 265 g/mol. The number of nitrogens with two attached hydrogens (primary N) is 1. The summed E-state index contributed by atoms with van der Waals surface area (Å²) >= 11 is 0. The second kappa shape index (κ2) is 7.23. The number of anilines is 1. The minimum atomic E-state index is -0.119. The SMILES string of the molecule is CCC(N)Cc1c(F)cccc1N1CCCC1CN(C)C.